The van der Waals surface area contributed by atoms with Crippen molar-refractivity contribution < 1.29 is 4.79 Å². The van der Waals surface area contributed by atoms with Crippen molar-refractivity contribution in [2.75, 3.05) is 25.5 Å². The van der Waals surface area contributed by atoms with Gasteiger partial charge in [0.05, 0.1) is 5.52 Å². The number of halogens is 1. The van der Waals surface area contributed by atoms with Crippen LogP contribution in [0.1, 0.15) is 54.1 Å². The summed E-state index contributed by atoms with van der Waals surface area (Å²) in [6, 6.07) is 10.8. The van der Waals surface area contributed by atoms with Crippen molar-refractivity contribution in [3.8, 4) is 0 Å². The van der Waals surface area contributed by atoms with Gasteiger partial charge < -0.3 is 15.1 Å². The summed E-state index contributed by atoms with van der Waals surface area (Å²) in [4.78, 5) is 18.0. The number of anilines is 1. The highest BCUT2D eigenvalue weighted by Crippen LogP contribution is 2.34. The largest absolute Gasteiger partial charge is 0.369 e. The van der Waals surface area contributed by atoms with Crippen LogP contribution in [-0.2, 0) is 6.54 Å². The van der Waals surface area contributed by atoms with E-state index in [4.69, 9.17) is 11.6 Å². The smallest absolute Gasteiger partial charge is 0.251 e. The molecule has 0 saturated heterocycles. The molecule has 1 aliphatic carbocycles. The summed E-state index contributed by atoms with van der Waals surface area (Å²) in [5.74, 6) is -0.106. The van der Waals surface area contributed by atoms with Gasteiger partial charge in [0, 0.05) is 53.8 Å². The number of amides is 1. The number of fused-ring (bicyclic) bond motifs is 1. The van der Waals surface area contributed by atoms with Crippen molar-refractivity contribution in [1.29, 1.82) is 0 Å². The van der Waals surface area contributed by atoms with Crippen molar-refractivity contribution in [3.63, 3.8) is 0 Å². The van der Waals surface area contributed by atoms with Gasteiger partial charge in [0.25, 0.3) is 5.91 Å². The summed E-state index contributed by atoms with van der Waals surface area (Å²) in [6.45, 7) is 5.54. The molecule has 0 spiro atoms. The molecule has 1 N–H and O–H groups in total. The van der Waals surface area contributed by atoms with Crippen LogP contribution in [0.15, 0.2) is 42.7 Å². The third-order valence-electron chi connectivity index (χ3n) is 7.04. The molecule has 3 aromatic rings. The maximum atomic E-state index is 13.2. The summed E-state index contributed by atoms with van der Waals surface area (Å²) < 4.78 is 1.81. The van der Waals surface area contributed by atoms with Crippen LogP contribution in [0, 0.1) is 6.92 Å². The Morgan fingerprint density at radius 3 is 2.61 bits per heavy atom. The van der Waals surface area contributed by atoms with Crippen LogP contribution in [-0.4, -0.2) is 53.1 Å². The van der Waals surface area contributed by atoms with Gasteiger partial charge in [0.2, 0.25) is 0 Å². The summed E-state index contributed by atoms with van der Waals surface area (Å²) in [7, 11) is 4.34. The predicted octanol–water partition coefficient (Wildman–Crippen LogP) is 4.93. The van der Waals surface area contributed by atoms with Crippen molar-refractivity contribution >= 4 is 28.7 Å². The Morgan fingerprint density at radius 2 is 1.91 bits per heavy atom. The van der Waals surface area contributed by atoms with Crippen LogP contribution >= 0.6 is 11.6 Å². The molecule has 1 saturated carbocycles. The van der Waals surface area contributed by atoms with Crippen LogP contribution < -0.4 is 10.2 Å². The van der Waals surface area contributed by atoms with E-state index in [0.29, 0.717) is 29.2 Å². The number of pyridine rings is 1. The zero-order chi connectivity index (χ0) is 23.5. The van der Waals surface area contributed by atoms with Crippen molar-refractivity contribution in [2.45, 2.75) is 58.2 Å². The first kappa shape index (κ1) is 23.6. The lowest BCUT2D eigenvalue weighted by Gasteiger charge is -2.40. The highest BCUT2D eigenvalue weighted by molar-refractivity contribution is 6.31. The van der Waals surface area contributed by atoms with Crippen LogP contribution in [0.4, 0.5) is 5.69 Å². The zero-order valence-corrected chi connectivity index (χ0v) is 20.8. The summed E-state index contributed by atoms with van der Waals surface area (Å²) >= 11 is 6.53. The first-order valence-electron chi connectivity index (χ1n) is 11.8. The molecule has 0 unspecified atom stereocenters. The quantitative estimate of drug-likeness (QED) is 0.535. The van der Waals surface area contributed by atoms with E-state index in [1.54, 1.807) is 12.3 Å². The van der Waals surface area contributed by atoms with E-state index in [1.165, 1.54) is 12.8 Å². The van der Waals surface area contributed by atoms with Crippen LogP contribution in [0.5, 0.6) is 0 Å². The number of hydrogen-bond acceptors (Lipinski definition) is 4. The van der Waals surface area contributed by atoms with Crippen LogP contribution in [0.2, 0.25) is 5.02 Å². The van der Waals surface area contributed by atoms with Crippen LogP contribution in [0.25, 0.3) is 5.52 Å². The van der Waals surface area contributed by atoms with Gasteiger partial charge in [-0.25, -0.2) is 4.52 Å². The maximum absolute atomic E-state index is 13.2. The minimum atomic E-state index is -0.106. The van der Waals surface area contributed by atoms with E-state index >= 15 is 0 Å². The first-order valence-corrected chi connectivity index (χ1v) is 12.2. The molecule has 1 aromatic carbocycles. The zero-order valence-electron chi connectivity index (χ0n) is 20.0. The van der Waals surface area contributed by atoms with Crippen molar-refractivity contribution in [2.24, 2.45) is 0 Å². The van der Waals surface area contributed by atoms with E-state index in [9.17, 15) is 4.79 Å². The second-order valence-corrected chi connectivity index (χ2v) is 9.62. The van der Waals surface area contributed by atoms with Gasteiger partial charge >= 0.3 is 0 Å². The fourth-order valence-corrected chi connectivity index (χ4v) is 5.36. The lowest BCUT2D eigenvalue weighted by molar-refractivity contribution is 0.0950. The fraction of sp³-hybridized carbons (Fsp3) is 0.462. The van der Waals surface area contributed by atoms with Gasteiger partial charge in [-0.3, -0.25) is 4.79 Å². The minimum absolute atomic E-state index is 0.106. The highest BCUT2D eigenvalue weighted by Gasteiger charge is 2.28. The molecule has 6 nitrogen and oxygen atoms in total. The van der Waals surface area contributed by atoms with Gasteiger partial charge in [-0.05, 0) is 89.0 Å². The second-order valence-electron chi connectivity index (χ2n) is 9.19. The Balaban J connectivity index is 1.53. The van der Waals surface area contributed by atoms with E-state index in [-0.39, 0.29) is 5.91 Å². The number of rotatable bonds is 7. The SMILES string of the molecule is CCN(c1cc(Cl)cc(C(=O)NCc2cccn3nccc23)c1C)C1CCC(N(C)C)CC1. The van der Waals surface area contributed by atoms with Crippen LogP contribution in [0.3, 0.4) is 0 Å². The minimum Gasteiger partial charge on any atom is -0.369 e. The number of aromatic nitrogens is 2. The van der Waals surface area contributed by atoms with E-state index in [2.05, 4.69) is 41.2 Å². The lowest BCUT2D eigenvalue weighted by Crippen LogP contribution is -2.42. The molecule has 0 atom stereocenters. The molecule has 1 amide bonds. The average molecular weight is 468 g/mol. The summed E-state index contributed by atoms with van der Waals surface area (Å²) in [5.41, 5.74) is 4.71. The van der Waals surface area contributed by atoms with E-state index < -0.39 is 0 Å². The molecule has 1 aliphatic rings. The van der Waals surface area contributed by atoms with Crippen molar-refractivity contribution in [1.82, 2.24) is 19.8 Å². The number of nitrogens with one attached hydrogen (secondary N) is 1. The van der Waals surface area contributed by atoms with E-state index in [0.717, 1.165) is 41.7 Å². The maximum Gasteiger partial charge on any atom is 0.251 e. The lowest BCUT2D eigenvalue weighted by atomic mass is 9.89. The molecular weight excluding hydrogens is 434 g/mol. The van der Waals surface area contributed by atoms with Gasteiger partial charge in [0.1, 0.15) is 0 Å². The summed E-state index contributed by atoms with van der Waals surface area (Å²) in [6.07, 6.45) is 8.36. The molecular formula is C26H34ClN5O. The molecule has 176 valence electrons. The fourth-order valence-electron chi connectivity index (χ4n) is 5.14. The number of hydrogen-bond donors (Lipinski definition) is 1. The molecule has 1 fully saturated rings. The standard InChI is InChI=1S/C26H34ClN5O/c1-5-31(22-10-8-21(9-11-22)30(3)4)25-16-20(27)15-23(18(25)2)26(33)28-17-19-7-6-14-32-24(19)12-13-29-32/h6-7,12-16,21-22H,5,8-11,17H2,1-4H3,(H,28,33). The molecule has 4 rings (SSSR count). The molecule has 7 heteroatoms. The normalized spacial score (nSPS) is 18.6. The Morgan fingerprint density at radius 1 is 1.18 bits per heavy atom. The van der Waals surface area contributed by atoms with Gasteiger partial charge in [0.15, 0.2) is 0 Å². The monoisotopic (exact) mass is 467 g/mol. The Hall–Kier alpha value is -2.57. The number of carbonyl (C=O) groups is 1. The van der Waals surface area contributed by atoms with Gasteiger partial charge in [-0.2, -0.15) is 5.10 Å². The average Bonchev–Trinajstić information content (AvgIpc) is 3.30. The Kier molecular flexibility index (Phi) is 7.25. The van der Waals surface area contributed by atoms with E-state index in [1.807, 2.05) is 41.9 Å². The highest BCUT2D eigenvalue weighted by atomic mass is 35.5. The first-order chi connectivity index (χ1) is 15.9. The topological polar surface area (TPSA) is 52.9 Å². The summed E-state index contributed by atoms with van der Waals surface area (Å²) in [5, 5.41) is 7.95. The number of nitrogens with zero attached hydrogens (tertiary/aromatic N) is 4. The van der Waals surface area contributed by atoms with Crippen molar-refractivity contribution in [3.05, 3.63) is 64.4 Å². The third-order valence-corrected chi connectivity index (χ3v) is 7.26. The molecule has 2 aromatic heterocycles. The predicted molar refractivity (Wildman–Crippen MR) is 135 cm³/mol. The molecule has 0 aliphatic heterocycles. The van der Waals surface area contributed by atoms with Gasteiger partial charge in [-0.1, -0.05) is 17.7 Å². The van der Waals surface area contributed by atoms with Gasteiger partial charge in [-0.15, -0.1) is 0 Å². The molecule has 33 heavy (non-hydrogen) atoms. The third kappa shape index (κ3) is 5.02. The molecule has 0 radical (unpaired) electrons. The second kappa shape index (κ2) is 10.1. The number of benzene rings is 1. The molecule has 2 heterocycles. The Labute approximate surface area is 201 Å². The number of carbonyl (C=O) groups excluding carboxylic acids is 1. The molecule has 0 bridgehead atoms. The Bertz CT molecular complexity index is 1120.